The van der Waals surface area contributed by atoms with Gasteiger partial charge in [0.25, 0.3) is 0 Å². The number of hydrogen-bond donors (Lipinski definition) is 1. The fourth-order valence-electron chi connectivity index (χ4n) is 5.58. The number of benzene rings is 3. The molecule has 1 N–H and O–H groups in total. The lowest BCUT2D eigenvalue weighted by Crippen LogP contribution is -2.55. The number of nitrogens with zero attached hydrogens (tertiary/aromatic N) is 3. The van der Waals surface area contributed by atoms with Crippen LogP contribution in [0.5, 0.6) is 0 Å². The molecule has 0 heterocycles. The monoisotopic (exact) mass is 604 g/mol. The van der Waals surface area contributed by atoms with Crippen LogP contribution in [0.2, 0.25) is 0 Å². The van der Waals surface area contributed by atoms with Gasteiger partial charge in [0.05, 0.1) is 5.69 Å². The highest BCUT2D eigenvalue weighted by atomic mass is 32.2. The Bertz CT molecular complexity index is 1520. The van der Waals surface area contributed by atoms with Gasteiger partial charge in [-0.1, -0.05) is 79.6 Å². The maximum Gasteiger partial charge on any atom is 0.304 e. The van der Waals surface area contributed by atoms with Crippen molar-refractivity contribution in [3.63, 3.8) is 0 Å². The van der Waals surface area contributed by atoms with Crippen molar-refractivity contribution in [2.45, 2.75) is 71.5 Å². The fourth-order valence-corrected chi connectivity index (χ4v) is 6.70. The zero-order valence-corrected chi connectivity index (χ0v) is 26.7. The maximum absolute atomic E-state index is 14.5. The molecule has 9 heteroatoms. The van der Waals surface area contributed by atoms with Crippen LogP contribution >= 0.6 is 0 Å². The number of hydrogen-bond acceptors (Lipinski definition) is 4. The number of nitrogens with one attached hydrogen (secondary N) is 1. The number of carbonyl (C=O) groups excluding carboxylic acids is 2. The van der Waals surface area contributed by atoms with Crippen molar-refractivity contribution in [2.24, 2.45) is 0 Å². The molecule has 0 bridgehead atoms. The maximum atomic E-state index is 14.5. The van der Waals surface area contributed by atoms with Crippen molar-refractivity contribution >= 4 is 27.7 Å². The first kappa shape index (κ1) is 32.2. The quantitative estimate of drug-likeness (QED) is 0.318. The first-order valence-electron chi connectivity index (χ1n) is 14.9. The van der Waals surface area contributed by atoms with Crippen molar-refractivity contribution in [3.8, 4) is 0 Å². The van der Waals surface area contributed by atoms with Crippen LogP contribution in [-0.4, -0.2) is 62.2 Å². The fraction of sp³-hybridized carbons (Fsp3) is 0.412. The van der Waals surface area contributed by atoms with Gasteiger partial charge in [-0.25, -0.2) is 4.31 Å². The van der Waals surface area contributed by atoms with Gasteiger partial charge in [0, 0.05) is 33.1 Å². The second kappa shape index (κ2) is 14.2. The molecular weight excluding hydrogens is 560 g/mol. The lowest BCUT2D eigenvalue weighted by atomic mass is 10.0. The summed E-state index contributed by atoms with van der Waals surface area (Å²) in [6.45, 7) is 5.42. The summed E-state index contributed by atoms with van der Waals surface area (Å²) in [5, 5.41) is 3.21. The summed E-state index contributed by atoms with van der Waals surface area (Å²) in [5.41, 5.74) is 4.85. The number of rotatable bonds is 12. The first-order chi connectivity index (χ1) is 20.5. The molecule has 0 aromatic heterocycles. The van der Waals surface area contributed by atoms with E-state index in [1.54, 1.807) is 11.0 Å². The summed E-state index contributed by atoms with van der Waals surface area (Å²) in [6, 6.07) is 22.2. The summed E-state index contributed by atoms with van der Waals surface area (Å²) in [5.74, 6) is -0.663. The molecule has 0 spiro atoms. The third-order valence-corrected chi connectivity index (χ3v) is 10.0. The van der Waals surface area contributed by atoms with Gasteiger partial charge >= 0.3 is 10.2 Å². The van der Waals surface area contributed by atoms with E-state index in [4.69, 9.17) is 0 Å². The topological polar surface area (TPSA) is 90.0 Å². The predicted molar refractivity (Wildman–Crippen MR) is 172 cm³/mol. The Hall–Kier alpha value is -3.69. The van der Waals surface area contributed by atoms with Crippen LogP contribution in [0.1, 0.15) is 53.5 Å². The van der Waals surface area contributed by atoms with Crippen LogP contribution in [0.15, 0.2) is 72.8 Å². The number of aryl methyl sites for hydroxylation is 3. The molecule has 1 aliphatic carbocycles. The van der Waals surface area contributed by atoms with Gasteiger partial charge in [-0.05, 0) is 67.5 Å². The summed E-state index contributed by atoms with van der Waals surface area (Å²) in [4.78, 5) is 30.1. The van der Waals surface area contributed by atoms with E-state index in [-0.39, 0.29) is 18.5 Å². The minimum atomic E-state index is -4.05. The van der Waals surface area contributed by atoms with Crippen molar-refractivity contribution in [3.05, 3.63) is 101 Å². The normalized spacial score (nSPS) is 14.5. The minimum absolute atomic E-state index is 0.0711. The molecular formula is C34H44N4O4S. The highest BCUT2D eigenvalue weighted by Gasteiger charge is 2.36. The first-order valence-corrected chi connectivity index (χ1v) is 16.3. The summed E-state index contributed by atoms with van der Waals surface area (Å²) >= 11 is 0. The molecule has 1 atom stereocenters. The van der Waals surface area contributed by atoms with E-state index in [9.17, 15) is 18.0 Å². The average molecular weight is 605 g/mol. The molecule has 1 saturated carbocycles. The number of anilines is 1. The molecule has 3 aromatic carbocycles. The second-order valence-electron chi connectivity index (χ2n) is 11.7. The van der Waals surface area contributed by atoms with E-state index in [1.165, 1.54) is 14.1 Å². The third-order valence-electron chi connectivity index (χ3n) is 8.23. The molecule has 43 heavy (non-hydrogen) atoms. The van der Waals surface area contributed by atoms with E-state index in [2.05, 4.69) is 5.32 Å². The molecule has 0 unspecified atom stereocenters. The molecule has 230 valence electrons. The van der Waals surface area contributed by atoms with E-state index >= 15 is 0 Å². The van der Waals surface area contributed by atoms with Crippen molar-refractivity contribution in [1.82, 2.24) is 14.5 Å². The molecule has 0 radical (unpaired) electrons. The molecule has 0 saturated heterocycles. The summed E-state index contributed by atoms with van der Waals surface area (Å²) < 4.78 is 29.7. The van der Waals surface area contributed by atoms with E-state index in [1.807, 2.05) is 87.5 Å². The molecule has 1 aliphatic rings. The minimum Gasteiger partial charge on any atom is -0.352 e. The Labute approximate surface area is 256 Å². The Morgan fingerprint density at radius 2 is 1.53 bits per heavy atom. The van der Waals surface area contributed by atoms with Crippen molar-refractivity contribution in [1.29, 1.82) is 0 Å². The largest absolute Gasteiger partial charge is 0.352 e. The molecule has 2 amide bonds. The zero-order chi connectivity index (χ0) is 31.1. The van der Waals surface area contributed by atoms with Crippen LogP contribution in [0.25, 0.3) is 0 Å². The lowest BCUT2D eigenvalue weighted by molar-refractivity contribution is -0.140. The standard InChI is InChI=1S/C34H44N4O4S/c1-25-19-20-27(3)31(21-25)38(43(41,42)36(4)5)24-33(39)37(23-29-16-10-9-13-26(29)2)32(22-28-14-7-6-8-15-28)34(40)35-30-17-11-12-18-30/h6-10,13-16,19-21,30,32H,11-12,17-18,22-24H2,1-5H3,(H,35,40)/t32-/m0/s1. The Balaban J connectivity index is 1.79. The van der Waals surface area contributed by atoms with Crippen LogP contribution in [-0.2, 0) is 32.8 Å². The van der Waals surface area contributed by atoms with Gasteiger partial charge in [0.15, 0.2) is 0 Å². The second-order valence-corrected chi connectivity index (χ2v) is 13.8. The lowest BCUT2D eigenvalue weighted by Gasteiger charge is -2.35. The Morgan fingerprint density at radius 3 is 2.19 bits per heavy atom. The van der Waals surface area contributed by atoms with Gasteiger partial charge < -0.3 is 10.2 Å². The van der Waals surface area contributed by atoms with E-state index in [0.717, 1.165) is 62.1 Å². The van der Waals surface area contributed by atoms with Gasteiger partial charge in [-0.3, -0.25) is 9.59 Å². The molecule has 0 aliphatic heterocycles. The van der Waals surface area contributed by atoms with Crippen LogP contribution < -0.4 is 9.62 Å². The van der Waals surface area contributed by atoms with E-state index in [0.29, 0.717) is 12.1 Å². The van der Waals surface area contributed by atoms with Gasteiger partial charge in [-0.15, -0.1) is 0 Å². The predicted octanol–water partition coefficient (Wildman–Crippen LogP) is 4.92. The number of carbonyl (C=O) groups is 2. The van der Waals surface area contributed by atoms with Gasteiger partial charge in [0.1, 0.15) is 12.6 Å². The van der Waals surface area contributed by atoms with Crippen LogP contribution in [0.3, 0.4) is 0 Å². The van der Waals surface area contributed by atoms with Gasteiger partial charge in [0.2, 0.25) is 11.8 Å². The average Bonchev–Trinajstić information content (AvgIpc) is 3.49. The van der Waals surface area contributed by atoms with Crippen LogP contribution in [0, 0.1) is 20.8 Å². The van der Waals surface area contributed by atoms with Crippen molar-refractivity contribution < 1.29 is 18.0 Å². The molecule has 3 aromatic rings. The van der Waals surface area contributed by atoms with Crippen LogP contribution in [0.4, 0.5) is 5.69 Å². The zero-order valence-electron chi connectivity index (χ0n) is 25.9. The third kappa shape index (κ3) is 8.03. The molecule has 8 nitrogen and oxygen atoms in total. The van der Waals surface area contributed by atoms with E-state index < -0.39 is 28.7 Å². The van der Waals surface area contributed by atoms with Gasteiger partial charge in [-0.2, -0.15) is 12.7 Å². The highest BCUT2D eigenvalue weighted by Crippen LogP contribution is 2.27. The Morgan fingerprint density at radius 1 is 0.884 bits per heavy atom. The van der Waals surface area contributed by atoms with Crippen molar-refractivity contribution in [2.75, 3.05) is 24.9 Å². The Kier molecular flexibility index (Phi) is 10.6. The molecule has 4 rings (SSSR count). The summed E-state index contributed by atoms with van der Waals surface area (Å²) in [7, 11) is -1.14. The smallest absolute Gasteiger partial charge is 0.304 e. The highest BCUT2D eigenvalue weighted by molar-refractivity contribution is 7.90. The molecule has 1 fully saturated rings. The SMILES string of the molecule is Cc1ccc(C)c(N(CC(=O)N(Cc2ccccc2C)[C@@H](Cc2ccccc2)C(=O)NC2CCCC2)S(=O)(=O)N(C)C)c1. The summed E-state index contributed by atoms with van der Waals surface area (Å²) in [6.07, 6.45) is 4.26. The number of amides is 2.